The highest BCUT2D eigenvalue weighted by Gasteiger charge is 2.37. The molecular formula is C22H26FN5O4S. The van der Waals surface area contributed by atoms with Crippen LogP contribution in [-0.4, -0.2) is 61.0 Å². The molecule has 2 aromatic rings. The second-order valence-electron chi connectivity index (χ2n) is 9.30. The molecule has 1 atom stereocenters. The number of carbonyl (C=O) groups is 1. The van der Waals surface area contributed by atoms with E-state index in [9.17, 15) is 17.6 Å². The highest BCUT2D eigenvalue weighted by molar-refractivity contribution is 7.90. The van der Waals surface area contributed by atoms with Gasteiger partial charge in [-0.05, 0) is 66.8 Å². The zero-order valence-corrected chi connectivity index (χ0v) is 19.0. The van der Waals surface area contributed by atoms with Crippen LogP contribution in [0, 0.1) is 0 Å². The standard InChI is InChI=1S/C22H26FN5O4S/c23-14-9-27(10-14)15-11-28-21(32-12-15)20(8-24-28)33(30,31)26-22(29)25-19-7-13-3-1-4-16(13)17-5-2-6-18(17)19/h7-8,14-15H,1-6,9-12H2,(H2,25,26,29). The zero-order valence-electron chi connectivity index (χ0n) is 18.1. The third kappa shape index (κ3) is 3.57. The summed E-state index contributed by atoms with van der Waals surface area (Å²) in [5.41, 5.74) is 5.83. The summed E-state index contributed by atoms with van der Waals surface area (Å²) in [4.78, 5) is 14.5. The van der Waals surface area contributed by atoms with E-state index < -0.39 is 22.2 Å². The fourth-order valence-electron chi connectivity index (χ4n) is 5.56. The van der Waals surface area contributed by atoms with E-state index in [4.69, 9.17) is 4.74 Å². The van der Waals surface area contributed by atoms with Gasteiger partial charge in [-0.25, -0.2) is 27.0 Å². The van der Waals surface area contributed by atoms with Gasteiger partial charge in [0.25, 0.3) is 10.0 Å². The van der Waals surface area contributed by atoms with Gasteiger partial charge in [-0.15, -0.1) is 0 Å². The number of halogens is 1. The molecule has 176 valence electrons. The van der Waals surface area contributed by atoms with Crippen LogP contribution in [0.15, 0.2) is 17.2 Å². The minimum atomic E-state index is -4.19. The lowest BCUT2D eigenvalue weighted by molar-refractivity contribution is -0.0114. The molecule has 0 bridgehead atoms. The maximum Gasteiger partial charge on any atom is 0.333 e. The Hall–Kier alpha value is -2.66. The molecule has 3 heterocycles. The van der Waals surface area contributed by atoms with Gasteiger partial charge in [0, 0.05) is 18.8 Å². The predicted molar refractivity (Wildman–Crippen MR) is 118 cm³/mol. The zero-order chi connectivity index (χ0) is 22.7. The Morgan fingerprint density at radius 3 is 2.67 bits per heavy atom. The lowest BCUT2D eigenvalue weighted by Gasteiger charge is -2.41. The van der Waals surface area contributed by atoms with Crippen molar-refractivity contribution in [2.45, 2.75) is 62.2 Å². The van der Waals surface area contributed by atoms with E-state index in [0.717, 1.165) is 44.1 Å². The van der Waals surface area contributed by atoms with Crippen LogP contribution in [-0.2, 0) is 42.3 Å². The minimum Gasteiger partial charge on any atom is -0.475 e. The molecule has 1 aromatic carbocycles. The summed E-state index contributed by atoms with van der Waals surface area (Å²) >= 11 is 0. The number of aromatic nitrogens is 2. The monoisotopic (exact) mass is 475 g/mol. The Morgan fingerprint density at radius 2 is 1.85 bits per heavy atom. The number of hydrogen-bond donors (Lipinski definition) is 2. The third-order valence-electron chi connectivity index (χ3n) is 7.19. The number of benzene rings is 1. The number of anilines is 1. The number of urea groups is 1. The van der Waals surface area contributed by atoms with Crippen molar-refractivity contribution in [3.63, 3.8) is 0 Å². The van der Waals surface area contributed by atoms with Gasteiger partial charge in [-0.1, -0.05) is 0 Å². The summed E-state index contributed by atoms with van der Waals surface area (Å²) in [5, 5.41) is 6.90. The lowest BCUT2D eigenvalue weighted by Crippen LogP contribution is -2.57. The molecule has 2 aliphatic heterocycles. The number of alkyl halides is 1. The molecule has 4 aliphatic rings. The average molecular weight is 476 g/mol. The number of likely N-dealkylation sites (tertiary alicyclic amines) is 1. The molecule has 33 heavy (non-hydrogen) atoms. The molecule has 9 nitrogen and oxygen atoms in total. The van der Waals surface area contributed by atoms with E-state index in [1.165, 1.54) is 27.6 Å². The summed E-state index contributed by atoms with van der Waals surface area (Å²) in [5.74, 6) is 0.0993. The van der Waals surface area contributed by atoms with E-state index >= 15 is 0 Å². The Labute approximate surface area is 191 Å². The normalized spacial score (nSPS) is 22.2. The molecule has 2 aliphatic carbocycles. The van der Waals surface area contributed by atoms with Crippen LogP contribution in [0.2, 0.25) is 0 Å². The second kappa shape index (κ2) is 7.69. The Bertz CT molecular complexity index is 1240. The summed E-state index contributed by atoms with van der Waals surface area (Å²) in [6.07, 6.45) is 6.49. The smallest absolute Gasteiger partial charge is 0.333 e. The van der Waals surface area contributed by atoms with Gasteiger partial charge in [0.2, 0.25) is 5.88 Å². The van der Waals surface area contributed by atoms with Crippen LogP contribution in [0.25, 0.3) is 0 Å². The first-order valence-corrected chi connectivity index (χ1v) is 12.9. The second-order valence-corrected chi connectivity index (χ2v) is 10.9. The van der Waals surface area contributed by atoms with Crippen LogP contribution >= 0.6 is 0 Å². The predicted octanol–water partition coefficient (Wildman–Crippen LogP) is 1.79. The van der Waals surface area contributed by atoms with Gasteiger partial charge >= 0.3 is 6.03 Å². The van der Waals surface area contributed by atoms with E-state index in [0.29, 0.717) is 25.3 Å². The van der Waals surface area contributed by atoms with Gasteiger partial charge in [-0.2, -0.15) is 5.10 Å². The van der Waals surface area contributed by atoms with E-state index in [1.54, 1.807) is 0 Å². The number of nitrogens with zero attached hydrogens (tertiary/aromatic N) is 3. The van der Waals surface area contributed by atoms with Crippen molar-refractivity contribution in [2.75, 3.05) is 25.0 Å². The van der Waals surface area contributed by atoms with Crippen molar-refractivity contribution in [1.29, 1.82) is 0 Å². The van der Waals surface area contributed by atoms with Gasteiger partial charge in [0.15, 0.2) is 4.90 Å². The quantitative estimate of drug-likeness (QED) is 0.699. The first-order chi connectivity index (χ1) is 15.9. The molecule has 0 spiro atoms. The third-order valence-corrected chi connectivity index (χ3v) is 8.50. The van der Waals surface area contributed by atoms with E-state index in [1.807, 2.05) is 11.0 Å². The van der Waals surface area contributed by atoms with Crippen molar-refractivity contribution >= 4 is 21.7 Å². The fourth-order valence-corrected chi connectivity index (χ4v) is 6.55. The number of rotatable bonds is 4. The summed E-state index contributed by atoms with van der Waals surface area (Å²) < 4.78 is 48.3. The molecule has 2 amide bonds. The van der Waals surface area contributed by atoms with Crippen LogP contribution in [0.4, 0.5) is 14.9 Å². The average Bonchev–Trinajstić information content (AvgIpc) is 3.48. The molecular weight excluding hydrogens is 449 g/mol. The number of carbonyl (C=O) groups excluding carboxylic acids is 1. The molecule has 1 fully saturated rings. The maximum atomic E-state index is 13.2. The first kappa shape index (κ1) is 20.9. The Balaban J connectivity index is 1.18. The molecule has 11 heteroatoms. The molecule has 1 unspecified atom stereocenters. The highest BCUT2D eigenvalue weighted by Crippen LogP contribution is 2.38. The van der Waals surface area contributed by atoms with E-state index in [-0.39, 0.29) is 23.4 Å². The van der Waals surface area contributed by atoms with Crippen molar-refractivity contribution in [3.8, 4) is 5.88 Å². The molecule has 1 aromatic heterocycles. The highest BCUT2D eigenvalue weighted by atomic mass is 32.2. The Kier molecular flexibility index (Phi) is 4.88. The first-order valence-electron chi connectivity index (χ1n) is 11.5. The van der Waals surface area contributed by atoms with Gasteiger partial charge < -0.3 is 10.1 Å². The number of fused-ring (bicyclic) bond motifs is 4. The van der Waals surface area contributed by atoms with Crippen LogP contribution in [0.1, 0.15) is 35.1 Å². The van der Waals surface area contributed by atoms with Crippen LogP contribution in [0.3, 0.4) is 0 Å². The molecule has 0 radical (unpaired) electrons. The molecule has 1 saturated heterocycles. The fraction of sp³-hybridized carbons (Fsp3) is 0.545. The minimum absolute atomic E-state index is 0.0573. The van der Waals surface area contributed by atoms with Crippen molar-refractivity contribution in [3.05, 3.63) is 34.5 Å². The number of ether oxygens (including phenoxy) is 1. The Morgan fingerprint density at radius 1 is 1.09 bits per heavy atom. The summed E-state index contributed by atoms with van der Waals surface area (Å²) in [6.45, 7) is 1.35. The maximum absolute atomic E-state index is 13.2. The molecule has 6 rings (SSSR count). The number of aryl methyl sites for hydroxylation is 1. The molecule has 0 saturated carbocycles. The topological polar surface area (TPSA) is 106 Å². The SMILES string of the molecule is O=C(Nc1cc2c(c3c1CCC3)CCC2)NS(=O)(=O)c1cnn2c1OCC(N1CC(F)C1)C2. The number of nitrogens with one attached hydrogen (secondary N) is 2. The van der Waals surface area contributed by atoms with Crippen molar-refractivity contribution in [2.24, 2.45) is 0 Å². The van der Waals surface area contributed by atoms with Gasteiger partial charge in [0.1, 0.15) is 12.8 Å². The number of sulfonamides is 1. The van der Waals surface area contributed by atoms with E-state index in [2.05, 4.69) is 15.1 Å². The van der Waals surface area contributed by atoms with Crippen molar-refractivity contribution in [1.82, 2.24) is 19.4 Å². The largest absolute Gasteiger partial charge is 0.475 e. The number of amides is 2. The summed E-state index contributed by atoms with van der Waals surface area (Å²) in [7, 11) is -4.19. The number of hydrogen-bond acceptors (Lipinski definition) is 6. The van der Waals surface area contributed by atoms with Crippen LogP contribution in [0.5, 0.6) is 5.88 Å². The molecule has 2 N–H and O–H groups in total. The van der Waals surface area contributed by atoms with Gasteiger partial charge in [-0.3, -0.25) is 4.90 Å². The van der Waals surface area contributed by atoms with Crippen LogP contribution < -0.4 is 14.8 Å². The van der Waals surface area contributed by atoms with Crippen molar-refractivity contribution < 1.29 is 22.3 Å². The lowest BCUT2D eigenvalue weighted by atomic mass is 9.98. The summed E-state index contributed by atoms with van der Waals surface area (Å²) in [6, 6.07) is 1.14. The van der Waals surface area contributed by atoms with Gasteiger partial charge in [0.05, 0.1) is 18.8 Å².